The number of carbonyl (C=O) groups excluding carboxylic acids is 1. The number of amides is 1. The second-order valence-electron chi connectivity index (χ2n) is 9.63. The fraction of sp³-hybridized carbons (Fsp3) is 0.423. The number of anilines is 3. The topological polar surface area (TPSA) is 105 Å². The van der Waals surface area contributed by atoms with Crippen LogP contribution in [-0.2, 0) is 4.79 Å². The first-order valence-electron chi connectivity index (χ1n) is 12.4. The highest BCUT2D eigenvalue weighted by Crippen LogP contribution is 2.45. The molecule has 182 valence electrons. The Morgan fingerprint density at radius 2 is 1.91 bits per heavy atom. The predicted octanol–water partition coefficient (Wildman–Crippen LogP) is 4.00. The fourth-order valence-corrected chi connectivity index (χ4v) is 6.41. The van der Waals surface area contributed by atoms with Crippen molar-refractivity contribution in [3.63, 3.8) is 0 Å². The molecule has 2 unspecified atom stereocenters. The minimum atomic E-state index is -0.254. The standard InChI is InChI=1S/C26H30N6O2S/c27-23(33)21-16-3-4-17(15-16)22(21)29-24-20-9-14-35-25(20)31-26(30-24)28-18-5-7-19(8-6-18)34-13-12-32-10-1-2-11-32/h3-9,14,16-17,21-22H,1-2,10-13,15H2,(H2,27,33)(H2,28,29,30,31)/t16?,17?,21-,22+/m0/s1. The van der Waals surface area contributed by atoms with E-state index in [0.717, 1.165) is 40.4 Å². The lowest BCUT2D eigenvalue weighted by molar-refractivity contribution is -0.122. The van der Waals surface area contributed by atoms with Crippen LogP contribution in [0.1, 0.15) is 19.3 Å². The Kier molecular flexibility index (Phi) is 6.03. The molecule has 35 heavy (non-hydrogen) atoms. The molecule has 3 aliphatic rings. The number of primary amides is 1. The third-order valence-corrected chi connectivity index (χ3v) is 8.21. The molecule has 0 spiro atoms. The number of hydrogen-bond acceptors (Lipinski definition) is 8. The molecule has 4 atom stereocenters. The van der Waals surface area contributed by atoms with Crippen molar-refractivity contribution in [3.8, 4) is 5.75 Å². The molecule has 0 radical (unpaired) electrons. The van der Waals surface area contributed by atoms with Gasteiger partial charge in [-0.05, 0) is 79.9 Å². The molecule has 3 aromatic rings. The van der Waals surface area contributed by atoms with Crippen molar-refractivity contribution < 1.29 is 9.53 Å². The van der Waals surface area contributed by atoms with E-state index in [1.165, 1.54) is 25.9 Å². The highest BCUT2D eigenvalue weighted by atomic mass is 32.1. The normalized spacial score (nSPS) is 25.4. The molecule has 1 aliphatic heterocycles. The predicted molar refractivity (Wildman–Crippen MR) is 139 cm³/mol. The fourth-order valence-electron chi connectivity index (χ4n) is 5.65. The Hall–Kier alpha value is -3.17. The molecular formula is C26H30N6O2S. The van der Waals surface area contributed by atoms with Gasteiger partial charge in [-0.3, -0.25) is 9.69 Å². The van der Waals surface area contributed by atoms with Gasteiger partial charge in [-0.1, -0.05) is 12.2 Å². The van der Waals surface area contributed by atoms with E-state index in [1.54, 1.807) is 11.3 Å². The smallest absolute Gasteiger partial charge is 0.230 e. The number of nitrogens with one attached hydrogen (secondary N) is 2. The number of ether oxygens (including phenoxy) is 1. The zero-order valence-electron chi connectivity index (χ0n) is 19.5. The number of allylic oxidation sites excluding steroid dienone is 1. The lowest BCUT2D eigenvalue weighted by atomic mass is 9.88. The minimum absolute atomic E-state index is 0.0506. The summed E-state index contributed by atoms with van der Waals surface area (Å²) in [4.78, 5) is 25.0. The SMILES string of the molecule is NC(=O)[C@H]1C2C=CC(C2)[C@H]1Nc1nc(Nc2ccc(OCCN3CCCC3)cc2)nc2sccc12. The van der Waals surface area contributed by atoms with Crippen LogP contribution >= 0.6 is 11.3 Å². The average molecular weight is 491 g/mol. The molecule has 1 aromatic carbocycles. The summed E-state index contributed by atoms with van der Waals surface area (Å²) in [5.74, 6) is 2.13. The van der Waals surface area contributed by atoms with Crippen molar-refractivity contribution >= 4 is 44.9 Å². The van der Waals surface area contributed by atoms with Crippen LogP contribution in [0.2, 0.25) is 0 Å². The number of aromatic nitrogens is 2. The molecule has 9 heteroatoms. The second-order valence-corrected chi connectivity index (χ2v) is 10.5. The van der Waals surface area contributed by atoms with Gasteiger partial charge in [-0.2, -0.15) is 4.98 Å². The molecule has 6 rings (SSSR count). The maximum absolute atomic E-state index is 12.2. The summed E-state index contributed by atoms with van der Waals surface area (Å²) in [7, 11) is 0. The molecule has 2 fully saturated rings. The van der Waals surface area contributed by atoms with E-state index in [2.05, 4.69) is 27.7 Å². The second kappa shape index (κ2) is 9.47. The summed E-state index contributed by atoms with van der Waals surface area (Å²) >= 11 is 1.57. The van der Waals surface area contributed by atoms with Crippen LogP contribution in [0.25, 0.3) is 10.2 Å². The van der Waals surface area contributed by atoms with Gasteiger partial charge < -0.3 is 21.1 Å². The number of nitrogens with two attached hydrogens (primary N) is 1. The van der Waals surface area contributed by atoms with Gasteiger partial charge in [0.05, 0.1) is 11.3 Å². The van der Waals surface area contributed by atoms with E-state index in [-0.39, 0.29) is 29.7 Å². The zero-order chi connectivity index (χ0) is 23.8. The Morgan fingerprint density at radius 1 is 1.11 bits per heavy atom. The average Bonchev–Trinajstić information content (AvgIpc) is 3.65. The van der Waals surface area contributed by atoms with E-state index >= 15 is 0 Å². The molecule has 4 N–H and O–H groups in total. The summed E-state index contributed by atoms with van der Waals surface area (Å²) in [6.45, 7) is 4.03. The van der Waals surface area contributed by atoms with Crippen LogP contribution in [0.3, 0.4) is 0 Å². The lowest BCUT2D eigenvalue weighted by Gasteiger charge is -2.27. The highest BCUT2D eigenvalue weighted by Gasteiger charge is 2.47. The van der Waals surface area contributed by atoms with Gasteiger partial charge in [0.1, 0.15) is 23.0 Å². The zero-order valence-corrected chi connectivity index (χ0v) is 20.3. The van der Waals surface area contributed by atoms with E-state index < -0.39 is 0 Å². The quantitative estimate of drug-likeness (QED) is 0.389. The van der Waals surface area contributed by atoms with Crippen molar-refractivity contribution in [2.75, 3.05) is 36.9 Å². The first-order chi connectivity index (χ1) is 17.1. The largest absolute Gasteiger partial charge is 0.492 e. The molecule has 1 amide bonds. The number of nitrogens with zero attached hydrogens (tertiary/aromatic N) is 3. The third kappa shape index (κ3) is 4.58. The third-order valence-electron chi connectivity index (χ3n) is 7.40. The number of fused-ring (bicyclic) bond motifs is 3. The lowest BCUT2D eigenvalue weighted by Crippen LogP contribution is -2.41. The van der Waals surface area contributed by atoms with Gasteiger partial charge in [0.15, 0.2) is 0 Å². The maximum Gasteiger partial charge on any atom is 0.230 e. The van der Waals surface area contributed by atoms with Gasteiger partial charge in [0.2, 0.25) is 11.9 Å². The monoisotopic (exact) mass is 490 g/mol. The van der Waals surface area contributed by atoms with Gasteiger partial charge in [-0.25, -0.2) is 4.98 Å². The van der Waals surface area contributed by atoms with Crippen molar-refractivity contribution in [2.24, 2.45) is 23.5 Å². The van der Waals surface area contributed by atoms with Gasteiger partial charge >= 0.3 is 0 Å². The van der Waals surface area contributed by atoms with E-state index in [4.69, 9.17) is 20.4 Å². The molecule has 1 saturated carbocycles. The summed E-state index contributed by atoms with van der Waals surface area (Å²) < 4.78 is 5.92. The number of benzene rings is 1. The number of hydrogen-bond donors (Lipinski definition) is 3. The summed E-state index contributed by atoms with van der Waals surface area (Å²) in [5, 5.41) is 9.84. The summed E-state index contributed by atoms with van der Waals surface area (Å²) in [6, 6.07) is 9.85. The van der Waals surface area contributed by atoms with Crippen LogP contribution in [0, 0.1) is 17.8 Å². The Labute approximate surface area is 208 Å². The van der Waals surface area contributed by atoms with Gasteiger partial charge in [-0.15, -0.1) is 11.3 Å². The summed E-state index contributed by atoms with van der Waals surface area (Å²) in [6.07, 6.45) is 7.87. The van der Waals surface area contributed by atoms with Crippen molar-refractivity contribution in [2.45, 2.75) is 25.3 Å². The maximum atomic E-state index is 12.2. The van der Waals surface area contributed by atoms with Gasteiger partial charge in [0.25, 0.3) is 0 Å². The van der Waals surface area contributed by atoms with Gasteiger partial charge in [0, 0.05) is 18.3 Å². The van der Waals surface area contributed by atoms with Crippen LogP contribution in [0.15, 0.2) is 47.9 Å². The Bertz CT molecular complexity index is 1240. The van der Waals surface area contributed by atoms with E-state index in [1.807, 2.05) is 35.7 Å². The van der Waals surface area contributed by atoms with E-state index in [9.17, 15) is 4.79 Å². The van der Waals surface area contributed by atoms with Crippen molar-refractivity contribution in [3.05, 3.63) is 47.9 Å². The molecule has 2 bridgehead atoms. The molecular weight excluding hydrogens is 460 g/mol. The molecule has 1 saturated heterocycles. The summed E-state index contributed by atoms with van der Waals surface area (Å²) in [5.41, 5.74) is 6.64. The number of carbonyl (C=O) groups is 1. The number of thiophene rings is 1. The first kappa shape index (κ1) is 22.3. The number of rotatable bonds is 9. The highest BCUT2D eigenvalue weighted by molar-refractivity contribution is 7.16. The van der Waals surface area contributed by atoms with Crippen LogP contribution in [-0.4, -0.2) is 53.1 Å². The minimum Gasteiger partial charge on any atom is -0.492 e. The Morgan fingerprint density at radius 3 is 2.71 bits per heavy atom. The molecule has 3 heterocycles. The van der Waals surface area contributed by atoms with Crippen LogP contribution < -0.4 is 21.1 Å². The van der Waals surface area contributed by atoms with E-state index in [0.29, 0.717) is 12.6 Å². The van der Waals surface area contributed by atoms with Crippen LogP contribution in [0.4, 0.5) is 17.5 Å². The Balaban J connectivity index is 1.15. The van der Waals surface area contributed by atoms with Crippen LogP contribution in [0.5, 0.6) is 5.75 Å². The number of likely N-dealkylation sites (tertiary alicyclic amines) is 1. The molecule has 8 nitrogen and oxygen atoms in total. The first-order valence-corrected chi connectivity index (χ1v) is 13.2. The molecule has 2 aromatic heterocycles. The molecule has 2 aliphatic carbocycles. The van der Waals surface area contributed by atoms with Crippen molar-refractivity contribution in [1.82, 2.24) is 14.9 Å². The van der Waals surface area contributed by atoms with Crippen molar-refractivity contribution in [1.29, 1.82) is 0 Å².